The molecule has 0 unspecified atom stereocenters. The number of aromatic nitrogens is 3. The number of aryl methyl sites for hydroxylation is 1. The van der Waals surface area contributed by atoms with Crippen LogP contribution in [-0.4, -0.2) is 20.8 Å². The highest BCUT2D eigenvalue weighted by Crippen LogP contribution is 2.14. The van der Waals surface area contributed by atoms with Crippen LogP contribution in [0.1, 0.15) is 27.3 Å². The SMILES string of the molecule is Cc1ccc(-n2nnc(C(=O)/C=C/c3ccccc3)c2C)cc1. The van der Waals surface area contributed by atoms with Gasteiger partial charge >= 0.3 is 0 Å². The second-order valence-corrected chi connectivity index (χ2v) is 5.38. The minimum atomic E-state index is -0.148. The van der Waals surface area contributed by atoms with E-state index in [1.54, 1.807) is 10.8 Å². The van der Waals surface area contributed by atoms with Crippen LogP contribution in [0.5, 0.6) is 0 Å². The van der Waals surface area contributed by atoms with Gasteiger partial charge in [-0.25, -0.2) is 4.68 Å². The van der Waals surface area contributed by atoms with Crippen molar-refractivity contribution >= 4 is 11.9 Å². The van der Waals surface area contributed by atoms with Crippen molar-refractivity contribution in [2.45, 2.75) is 13.8 Å². The highest BCUT2D eigenvalue weighted by molar-refractivity contribution is 6.06. The van der Waals surface area contributed by atoms with Crippen molar-refractivity contribution in [3.05, 3.63) is 83.2 Å². The van der Waals surface area contributed by atoms with Crippen LogP contribution < -0.4 is 0 Å². The Bertz CT molecular complexity index is 846. The fourth-order valence-electron chi connectivity index (χ4n) is 2.30. The molecule has 0 saturated heterocycles. The molecule has 23 heavy (non-hydrogen) atoms. The average molecular weight is 303 g/mol. The predicted octanol–water partition coefficient (Wildman–Crippen LogP) is 3.78. The van der Waals surface area contributed by atoms with E-state index in [0.29, 0.717) is 5.69 Å². The maximum Gasteiger partial charge on any atom is 0.208 e. The lowest BCUT2D eigenvalue weighted by Gasteiger charge is -2.03. The van der Waals surface area contributed by atoms with E-state index in [2.05, 4.69) is 10.3 Å². The average Bonchev–Trinajstić information content (AvgIpc) is 2.96. The molecule has 114 valence electrons. The first-order valence-electron chi connectivity index (χ1n) is 7.42. The lowest BCUT2D eigenvalue weighted by Crippen LogP contribution is -2.01. The molecule has 1 aromatic heterocycles. The van der Waals surface area contributed by atoms with E-state index in [1.807, 2.05) is 68.4 Å². The van der Waals surface area contributed by atoms with Crippen LogP contribution in [0.4, 0.5) is 0 Å². The van der Waals surface area contributed by atoms with E-state index < -0.39 is 0 Å². The molecule has 0 aliphatic rings. The summed E-state index contributed by atoms with van der Waals surface area (Å²) in [6, 6.07) is 17.6. The van der Waals surface area contributed by atoms with Crippen LogP contribution in [0.25, 0.3) is 11.8 Å². The van der Waals surface area contributed by atoms with Gasteiger partial charge in [0.15, 0.2) is 5.69 Å². The molecule has 3 aromatic rings. The first-order chi connectivity index (χ1) is 11.1. The topological polar surface area (TPSA) is 47.8 Å². The van der Waals surface area contributed by atoms with E-state index in [-0.39, 0.29) is 5.78 Å². The van der Waals surface area contributed by atoms with Crippen LogP contribution >= 0.6 is 0 Å². The van der Waals surface area contributed by atoms with Crippen molar-refractivity contribution in [1.82, 2.24) is 15.0 Å². The molecule has 0 bridgehead atoms. The van der Waals surface area contributed by atoms with Gasteiger partial charge < -0.3 is 0 Å². The Hall–Kier alpha value is -3.01. The Balaban J connectivity index is 1.85. The summed E-state index contributed by atoms with van der Waals surface area (Å²) < 4.78 is 1.68. The number of hydrogen-bond acceptors (Lipinski definition) is 3. The van der Waals surface area contributed by atoms with Crippen LogP contribution in [0.15, 0.2) is 60.7 Å². The quantitative estimate of drug-likeness (QED) is 0.544. The van der Waals surface area contributed by atoms with Gasteiger partial charge in [0.2, 0.25) is 5.78 Å². The Kier molecular flexibility index (Phi) is 4.15. The normalized spacial score (nSPS) is 11.0. The highest BCUT2D eigenvalue weighted by atomic mass is 16.1. The predicted molar refractivity (Wildman–Crippen MR) is 90.6 cm³/mol. The molecule has 0 N–H and O–H groups in total. The van der Waals surface area contributed by atoms with Gasteiger partial charge in [0.05, 0.1) is 11.4 Å². The fourth-order valence-corrected chi connectivity index (χ4v) is 2.30. The summed E-state index contributed by atoms with van der Waals surface area (Å²) >= 11 is 0. The van der Waals surface area contributed by atoms with Gasteiger partial charge in [-0.05, 0) is 37.6 Å². The third-order valence-electron chi connectivity index (χ3n) is 3.63. The van der Waals surface area contributed by atoms with Crippen LogP contribution in [0, 0.1) is 13.8 Å². The molecular weight excluding hydrogens is 286 g/mol. The minimum Gasteiger partial charge on any atom is -0.287 e. The summed E-state index contributed by atoms with van der Waals surface area (Å²) in [6.07, 6.45) is 3.32. The molecule has 4 nitrogen and oxygen atoms in total. The molecule has 3 rings (SSSR count). The van der Waals surface area contributed by atoms with Crippen LogP contribution in [0.2, 0.25) is 0 Å². The highest BCUT2D eigenvalue weighted by Gasteiger charge is 2.15. The van der Waals surface area contributed by atoms with Gasteiger partial charge in [0.1, 0.15) is 0 Å². The molecular formula is C19H17N3O. The number of ketones is 1. The lowest BCUT2D eigenvalue weighted by molar-refractivity contribution is 0.104. The first-order valence-corrected chi connectivity index (χ1v) is 7.42. The number of benzene rings is 2. The first kappa shape index (κ1) is 14.9. The monoisotopic (exact) mass is 303 g/mol. The molecule has 4 heteroatoms. The van der Waals surface area contributed by atoms with Gasteiger partial charge in [0.25, 0.3) is 0 Å². The van der Waals surface area contributed by atoms with Gasteiger partial charge in [-0.15, -0.1) is 5.10 Å². The van der Waals surface area contributed by atoms with E-state index >= 15 is 0 Å². The molecule has 0 spiro atoms. The molecule has 1 heterocycles. The van der Waals surface area contributed by atoms with Crippen molar-refractivity contribution in [2.75, 3.05) is 0 Å². The van der Waals surface area contributed by atoms with Gasteiger partial charge in [-0.2, -0.15) is 0 Å². The van der Waals surface area contributed by atoms with E-state index in [1.165, 1.54) is 11.6 Å². The molecule has 0 aliphatic heterocycles. The van der Waals surface area contributed by atoms with Crippen molar-refractivity contribution in [3.63, 3.8) is 0 Å². The van der Waals surface area contributed by atoms with Gasteiger partial charge in [-0.3, -0.25) is 4.79 Å². The zero-order chi connectivity index (χ0) is 16.2. The van der Waals surface area contributed by atoms with E-state index in [4.69, 9.17) is 0 Å². The third-order valence-corrected chi connectivity index (χ3v) is 3.63. The second-order valence-electron chi connectivity index (χ2n) is 5.38. The van der Waals surface area contributed by atoms with Crippen molar-refractivity contribution < 1.29 is 4.79 Å². The van der Waals surface area contributed by atoms with E-state index in [9.17, 15) is 4.79 Å². The molecule has 0 radical (unpaired) electrons. The molecule has 0 aliphatic carbocycles. The van der Waals surface area contributed by atoms with Crippen molar-refractivity contribution in [2.24, 2.45) is 0 Å². The van der Waals surface area contributed by atoms with Crippen molar-refractivity contribution in [3.8, 4) is 5.69 Å². The molecule has 0 fully saturated rings. The Morgan fingerprint density at radius 1 is 1.00 bits per heavy atom. The maximum absolute atomic E-state index is 12.3. The molecule has 0 amide bonds. The number of allylic oxidation sites excluding steroid dienone is 1. The summed E-state index contributed by atoms with van der Waals surface area (Å²) in [7, 11) is 0. The molecule has 2 aromatic carbocycles. The van der Waals surface area contributed by atoms with E-state index in [0.717, 1.165) is 16.9 Å². The Morgan fingerprint density at radius 2 is 1.70 bits per heavy atom. The second kappa shape index (κ2) is 6.40. The third kappa shape index (κ3) is 3.26. The maximum atomic E-state index is 12.3. The van der Waals surface area contributed by atoms with Crippen molar-refractivity contribution in [1.29, 1.82) is 0 Å². The smallest absolute Gasteiger partial charge is 0.208 e. The largest absolute Gasteiger partial charge is 0.287 e. The lowest BCUT2D eigenvalue weighted by atomic mass is 10.1. The number of carbonyl (C=O) groups is 1. The van der Waals surface area contributed by atoms with Gasteiger partial charge in [-0.1, -0.05) is 59.3 Å². The minimum absolute atomic E-state index is 0.148. The summed E-state index contributed by atoms with van der Waals surface area (Å²) in [4.78, 5) is 12.3. The molecule has 0 atom stereocenters. The zero-order valence-corrected chi connectivity index (χ0v) is 13.1. The zero-order valence-electron chi connectivity index (χ0n) is 13.1. The summed E-state index contributed by atoms with van der Waals surface area (Å²) in [5.41, 5.74) is 4.15. The fraction of sp³-hybridized carbons (Fsp3) is 0.105. The number of rotatable bonds is 4. The standard InChI is InChI=1S/C19H17N3O/c1-14-8-11-17(12-9-14)22-15(2)19(20-21-22)18(23)13-10-16-6-4-3-5-7-16/h3-13H,1-2H3/b13-10+. The summed E-state index contributed by atoms with van der Waals surface area (Å²) in [5, 5.41) is 8.14. The molecule has 0 saturated carbocycles. The Labute approximate surface area is 135 Å². The number of carbonyl (C=O) groups excluding carboxylic acids is 1. The number of nitrogens with zero attached hydrogens (tertiary/aromatic N) is 3. The Morgan fingerprint density at radius 3 is 2.39 bits per heavy atom. The van der Waals surface area contributed by atoms with Crippen LogP contribution in [0.3, 0.4) is 0 Å². The summed E-state index contributed by atoms with van der Waals surface area (Å²) in [5.74, 6) is -0.148. The van der Waals surface area contributed by atoms with Crippen LogP contribution in [-0.2, 0) is 0 Å². The van der Waals surface area contributed by atoms with Gasteiger partial charge in [0, 0.05) is 0 Å². The number of hydrogen-bond donors (Lipinski definition) is 0. The summed E-state index contributed by atoms with van der Waals surface area (Å²) in [6.45, 7) is 3.88.